The smallest absolute Gasteiger partial charge is 0.338 e. The zero-order chi connectivity index (χ0) is 9.19. The number of carbonyl (C=O) groups excluding carboxylic acids is 1. The molecular weight excluding hydrogens is 160 g/mol. The van der Waals surface area contributed by atoms with Gasteiger partial charge >= 0.3 is 5.97 Å². The molecule has 0 aromatic heterocycles. The molecule has 0 unspecified atom stereocenters. The van der Waals surface area contributed by atoms with Crippen LogP contribution in [-0.2, 0) is 14.3 Å². The average Bonchev–Trinajstić information content (AvgIpc) is 2.04. The van der Waals surface area contributed by atoms with Crippen LogP contribution in [0.1, 0.15) is 12.8 Å². The van der Waals surface area contributed by atoms with Gasteiger partial charge in [-0.05, 0) is 18.8 Å². The summed E-state index contributed by atoms with van der Waals surface area (Å²) in [6.07, 6.45) is 1.12. The Morgan fingerprint density at radius 2 is 2.17 bits per heavy atom. The molecule has 1 saturated carbocycles. The lowest BCUT2D eigenvalue weighted by molar-refractivity contribution is -0.186. The monoisotopic (exact) mass is 174 g/mol. The van der Waals surface area contributed by atoms with E-state index in [1.807, 2.05) is 0 Å². The molecule has 0 heterocycles. The van der Waals surface area contributed by atoms with Crippen molar-refractivity contribution in [3.8, 4) is 0 Å². The van der Waals surface area contributed by atoms with Gasteiger partial charge in [0.15, 0.2) is 5.60 Å². The minimum atomic E-state index is -0.776. The molecule has 1 aliphatic carbocycles. The van der Waals surface area contributed by atoms with Crippen LogP contribution < -0.4 is 0 Å². The minimum Gasteiger partial charge on any atom is -0.467 e. The van der Waals surface area contributed by atoms with Gasteiger partial charge in [0.1, 0.15) is 0 Å². The predicted molar refractivity (Wildman–Crippen MR) is 41.6 cm³/mol. The Morgan fingerprint density at radius 3 is 2.50 bits per heavy atom. The van der Waals surface area contributed by atoms with Crippen molar-refractivity contribution in [1.29, 1.82) is 0 Å². The molecule has 0 aromatic carbocycles. The van der Waals surface area contributed by atoms with Crippen LogP contribution in [0.3, 0.4) is 0 Å². The number of ether oxygens (including phenoxy) is 2. The van der Waals surface area contributed by atoms with Gasteiger partial charge in [-0.15, -0.1) is 0 Å². The fourth-order valence-electron chi connectivity index (χ4n) is 1.60. The van der Waals surface area contributed by atoms with E-state index in [1.165, 1.54) is 14.2 Å². The normalized spacial score (nSPS) is 34.1. The van der Waals surface area contributed by atoms with E-state index in [-0.39, 0.29) is 18.5 Å². The maximum absolute atomic E-state index is 11.2. The number of carbonyl (C=O) groups is 1. The average molecular weight is 174 g/mol. The number of esters is 1. The Kier molecular flexibility index (Phi) is 2.69. The highest BCUT2D eigenvalue weighted by molar-refractivity contribution is 5.80. The Balaban J connectivity index is 2.52. The molecule has 0 aromatic rings. The predicted octanol–water partition coefficient (Wildman–Crippen LogP) is -0.0531. The SMILES string of the molecule is COC(=O)C1(OC)CC(CO)C1. The molecule has 0 spiro atoms. The molecule has 0 bridgehead atoms. The molecule has 4 heteroatoms. The van der Waals surface area contributed by atoms with Crippen molar-refractivity contribution in [1.82, 2.24) is 0 Å². The van der Waals surface area contributed by atoms with E-state index in [9.17, 15) is 4.79 Å². The summed E-state index contributed by atoms with van der Waals surface area (Å²) in [7, 11) is 2.83. The van der Waals surface area contributed by atoms with E-state index in [0.29, 0.717) is 12.8 Å². The van der Waals surface area contributed by atoms with E-state index in [1.54, 1.807) is 0 Å². The second kappa shape index (κ2) is 3.41. The molecule has 4 nitrogen and oxygen atoms in total. The van der Waals surface area contributed by atoms with Gasteiger partial charge in [-0.3, -0.25) is 0 Å². The van der Waals surface area contributed by atoms with Gasteiger partial charge in [-0.25, -0.2) is 4.79 Å². The number of rotatable bonds is 3. The van der Waals surface area contributed by atoms with Gasteiger partial charge in [-0.2, -0.15) is 0 Å². The molecule has 1 aliphatic rings. The summed E-state index contributed by atoms with van der Waals surface area (Å²) in [6, 6.07) is 0. The van der Waals surface area contributed by atoms with Crippen LogP contribution in [0.5, 0.6) is 0 Å². The number of aliphatic hydroxyl groups excluding tert-OH is 1. The lowest BCUT2D eigenvalue weighted by Crippen LogP contribution is -2.53. The highest BCUT2D eigenvalue weighted by atomic mass is 16.6. The van der Waals surface area contributed by atoms with Crippen molar-refractivity contribution in [3.63, 3.8) is 0 Å². The van der Waals surface area contributed by atoms with Crippen molar-refractivity contribution in [3.05, 3.63) is 0 Å². The molecule has 12 heavy (non-hydrogen) atoms. The van der Waals surface area contributed by atoms with E-state index < -0.39 is 5.60 Å². The van der Waals surface area contributed by atoms with Crippen molar-refractivity contribution in [2.75, 3.05) is 20.8 Å². The first-order valence-electron chi connectivity index (χ1n) is 3.93. The van der Waals surface area contributed by atoms with Crippen molar-refractivity contribution in [2.24, 2.45) is 5.92 Å². The largest absolute Gasteiger partial charge is 0.467 e. The molecule has 0 aliphatic heterocycles. The molecule has 1 rings (SSSR count). The maximum Gasteiger partial charge on any atom is 0.338 e. The lowest BCUT2D eigenvalue weighted by Gasteiger charge is -2.42. The number of aliphatic hydroxyl groups is 1. The Bertz CT molecular complexity index is 172. The van der Waals surface area contributed by atoms with Gasteiger partial charge in [-0.1, -0.05) is 0 Å². The van der Waals surface area contributed by atoms with Gasteiger partial charge in [0, 0.05) is 13.7 Å². The first-order chi connectivity index (χ1) is 5.68. The summed E-state index contributed by atoms with van der Waals surface area (Å²) in [5.74, 6) is -0.154. The maximum atomic E-state index is 11.2. The summed E-state index contributed by atoms with van der Waals surface area (Å²) in [5.41, 5.74) is -0.776. The van der Waals surface area contributed by atoms with Gasteiger partial charge < -0.3 is 14.6 Å². The number of methoxy groups -OCH3 is 2. The zero-order valence-electron chi connectivity index (χ0n) is 7.37. The third-order valence-electron chi connectivity index (χ3n) is 2.44. The Hall–Kier alpha value is -0.610. The van der Waals surface area contributed by atoms with E-state index in [0.717, 1.165) is 0 Å². The summed E-state index contributed by atoms with van der Waals surface area (Å²) >= 11 is 0. The van der Waals surface area contributed by atoms with E-state index >= 15 is 0 Å². The molecule has 0 saturated heterocycles. The lowest BCUT2D eigenvalue weighted by atomic mass is 9.71. The molecule has 1 fully saturated rings. The second-order valence-electron chi connectivity index (χ2n) is 3.15. The van der Waals surface area contributed by atoms with Gasteiger partial charge in [0.2, 0.25) is 0 Å². The summed E-state index contributed by atoms with van der Waals surface area (Å²) in [6.45, 7) is 0.113. The van der Waals surface area contributed by atoms with Crippen molar-refractivity contribution < 1.29 is 19.4 Å². The molecule has 1 N–H and O–H groups in total. The summed E-state index contributed by atoms with van der Waals surface area (Å²) < 4.78 is 9.67. The third-order valence-corrected chi connectivity index (χ3v) is 2.44. The van der Waals surface area contributed by atoms with Crippen LogP contribution in [0.4, 0.5) is 0 Å². The van der Waals surface area contributed by atoms with Crippen LogP contribution >= 0.6 is 0 Å². The van der Waals surface area contributed by atoms with E-state index in [4.69, 9.17) is 9.84 Å². The molecule has 0 radical (unpaired) electrons. The zero-order valence-corrected chi connectivity index (χ0v) is 7.37. The highest BCUT2D eigenvalue weighted by Crippen LogP contribution is 2.40. The van der Waals surface area contributed by atoms with Gasteiger partial charge in [0.25, 0.3) is 0 Å². The van der Waals surface area contributed by atoms with Crippen LogP contribution in [0.2, 0.25) is 0 Å². The van der Waals surface area contributed by atoms with E-state index in [2.05, 4.69) is 4.74 Å². The standard InChI is InChI=1S/C8H14O4/c1-11-7(10)8(12-2)3-6(4-8)5-9/h6,9H,3-5H2,1-2H3. The topological polar surface area (TPSA) is 55.8 Å². The fraction of sp³-hybridized carbons (Fsp3) is 0.875. The molecular formula is C8H14O4. The molecule has 0 atom stereocenters. The van der Waals surface area contributed by atoms with Crippen molar-refractivity contribution >= 4 is 5.97 Å². The number of hydrogen-bond donors (Lipinski definition) is 1. The van der Waals surface area contributed by atoms with Crippen LogP contribution in [0.15, 0.2) is 0 Å². The van der Waals surface area contributed by atoms with Crippen LogP contribution in [-0.4, -0.2) is 37.5 Å². The highest BCUT2D eigenvalue weighted by Gasteiger charge is 2.51. The van der Waals surface area contributed by atoms with Crippen LogP contribution in [0, 0.1) is 5.92 Å². The molecule has 70 valence electrons. The minimum absolute atomic E-state index is 0.113. The Morgan fingerprint density at radius 1 is 1.58 bits per heavy atom. The quantitative estimate of drug-likeness (QED) is 0.609. The fourth-order valence-corrected chi connectivity index (χ4v) is 1.60. The van der Waals surface area contributed by atoms with Crippen molar-refractivity contribution in [2.45, 2.75) is 18.4 Å². The summed E-state index contributed by atoms with van der Waals surface area (Å²) in [4.78, 5) is 11.2. The Labute approximate surface area is 71.5 Å². The first kappa shape index (κ1) is 9.48. The number of hydrogen-bond acceptors (Lipinski definition) is 4. The third kappa shape index (κ3) is 1.32. The van der Waals surface area contributed by atoms with Crippen LogP contribution in [0.25, 0.3) is 0 Å². The van der Waals surface area contributed by atoms with Gasteiger partial charge in [0.05, 0.1) is 7.11 Å². The summed E-state index contributed by atoms with van der Waals surface area (Å²) in [5, 5.41) is 8.76. The molecule has 0 amide bonds. The second-order valence-corrected chi connectivity index (χ2v) is 3.15. The first-order valence-corrected chi connectivity index (χ1v) is 3.93.